The van der Waals surface area contributed by atoms with Crippen LogP contribution in [-0.4, -0.2) is 11.2 Å². The van der Waals surface area contributed by atoms with Gasteiger partial charge in [0.05, 0.1) is 6.10 Å². The highest BCUT2D eigenvalue weighted by molar-refractivity contribution is 4.95. The van der Waals surface area contributed by atoms with Gasteiger partial charge in [-0.15, -0.1) is 0 Å². The molecule has 0 atom stereocenters. The number of aliphatic hydroxyl groups excluding tert-OH is 1. The molecule has 2 aliphatic rings. The van der Waals surface area contributed by atoms with Gasteiger partial charge in [-0.2, -0.15) is 0 Å². The molecule has 0 aromatic rings. The van der Waals surface area contributed by atoms with Gasteiger partial charge in [0.2, 0.25) is 0 Å². The molecule has 0 aromatic heterocycles. The third-order valence-electron chi connectivity index (χ3n) is 6.56. The fourth-order valence-corrected chi connectivity index (χ4v) is 4.95. The van der Waals surface area contributed by atoms with Crippen LogP contribution in [0.25, 0.3) is 0 Å². The smallest absolute Gasteiger partial charge is 0.0540 e. The fraction of sp³-hybridized carbons (Fsp3) is 1.00. The monoisotopic (exact) mass is 266 g/mol. The summed E-state index contributed by atoms with van der Waals surface area (Å²) in [4.78, 5) is 0. The van der Waals surface area contributed by atoms with Gasteiger partial charge in [0.15, 0.2) is 0 Å². The van der Waals surface area contributed by atoms with Crippen molar-refractivity contribution in [3.05, 3.63) is 0 Å². The van der Waals surface area contributed by atoms with Gasteiger partial charge in [-0.05, 0) is 80.5 Å². The largest absolute Gasteiger partial charge is 0.393 e. The topological polar surface area (TPSA) is 20.2 Å². The van der Waals surface area contributed by atoms with Crippen molar-refractivity contribution < 1.29 is 5.11 Å². The van der Waals surface area contributed by atoms with Crippen molar-refractivity contribution >= 4 is 0 Å². The van der Waals surface area contributed by atoms with E-state index in [1.54, 1.807) is 0 Å². The standard InChI is InChI=1S/C18H34O/c1-13(2)15-9-11-18(12-10-15,14(3)4)16-5-7-17(19)8-6-16/h13-17,19H,5-12H2,1-4H3. The predicted molar refractivity (Wildman–Crippen MR) is 82.0 cm³/mol. The molecule has 2 saturated carbocycles. The summed E-state index contributed by atoms with van der Waals surface area (Å²) in [5, 5.41) is 9.76. The van der Waals surface area contributed by atoms with E-state index in [1.165, 1.54) is 38.5 Å². The molecular weight excluding hydrogens is 232 g/mol. The number of hydrogen-bond donors (Lipinski definition) is 1. The molecule has 19 heavy (non-hydrogen) atoms. The SMILES string of the molecule is CC(C)C1CCC(C(C)C)(C2CCC(O)CC2)CC1. The van der Waals surface area contributed by atoms with E-state index in [1.807, 2.05) is 0 Å². The van der Waals surface area contributed by atoms with E-state index in [0.29, 0.717) is 5.41 Å². The van der Waals surface area contributed by atoms with Crippen molar-refractivity contribution in [2.24, 2.45) is 29.1 Å². The van der Waals surface area contributed by atoms with E-state index >= 15 is 0 Å². The van der Waals surface area contributed by atoms with Crippen molar-refractivity contribution in [3.63, 3.8) is 0 Å². The second-order valence-electron chi connectivity index (χ2n) is 7.97. The summed E-state index contributed by atoms with van der Waals surface area (Å²) >= 11 is 0. The van der Waals surface area contributed by atoms with Crippen LogP contribution < -0.4 is 0 Å². The first-order valence-electron chi connectivity index (χ1n) is 8.63. The minimum absolute atomic E-state index is 0.00698. The highest BCUT2D eigenvalue weighted by Gasteiger charge is 2.44. The van der Waals surface area contributed by atoms with Crippen LogP contribution in [0.1, 0.15) is 79.1 Å². The highest BCUT2D eigenvalue weighted by Crippen LogP contribution is 2.54. The summed E-state index contributed by atoms with van der Waals surface area (Å²) in [7, 11) is 0. The third-order valence-corrected chi connectivity index (χ3v) is 6.56. The molecule has 1 N–H and O–H groups in total. The normalized spacial score (nSPS) is 40.9. The van der Waals surface area contributed by atoms with Crippen LogP contribution in [0.4, 0.5) is 0 Å². The average Bonchev–Trinajstić information content (AvgIpc) is 2.39. The van der Waals surface area contributed by atoms with Gasteiger partial charge in [-0.25, -0.2) is 0 Å². The molecule has 0 saturated heterocycles. The van der Waals surface area contributed by atoms with Crippen molar-refractivity contribution in [3.8, 4) is 0 Å². The Hall–Kier alpha value is -0.0400. The van der Waals surface area contributed by atoms with Gasteiger partial charge < -0.3 is 5.11 Å². The molecule has 0 bridgehead atoms. The molecule has 0 unspecified atom stereocenters. The van der Waals surface area contributed by atoms with Crippen LogP contribution in [0.2, 0.25) is 0 Å². The van der Waals surface area contributed by atoms with E-state index in [2.05, 4.69) is 27.7 Å². The Morgan fingerprint density at radius 2 is 1.37 bits per heavy atom. The molecule has 1 heteroatoms. The van der Waals surface area contributed by atoms with Gasteiger partial charge >= 0.3 is 0 Å². The number of rotatable bonds is 3. The molecule has 0 amide bonds. The highest BCUT2D eigenvalue weighted by atomic mass is 16.3. The van der Waals surface area contributed by atoms with E-state index in [-0.39, 0.29) is 6.10 Å². The Bertz CT molecular complexity index is 265. The molecule has 1 nitrogen and oxygen atoms in total. The summed E-state index contributed by atoms with van der Waals surface area (Å²) in [6, 6.07) is 0. The van der Waals surface area contributed by atoms with Crippen LogP contribution in [0.5, 0.6) is 0 Å². The second-order valence-corrected chi connectivity index (χ2v) is 7.97. The van der Waals surface area contributed by atoms with Crippen molar-refractivity contribution in [2.45, 2.75) is 85.2 Å². The second kappa shape index (κ2) is 6.16. The zero-order chi connectivity index (χ0) is 14.0. The zero-order valence-corrected chi connectivity index (χ0v) is 13.5. The van der Waals surface area contributed by atoms with Crippen LogP contribution in [0.15, 0.2) is 0 Å². The summed E-state index contributed by atoms with van der Waals surface area (Å²) < 4.78 is 0. The molecular formula is C18H34O. The lowest BCUT2D eigenvalue weighted by Gasteiger charge is -2.51. The van der Waals surface area contributed by atoms with Crippen LogP contribution >= 0.6 is 0 Å². The van der Waals surface area contributed by atoms with E-state index < -0.39 is 0 Å². The first-order valence-corrected chi connectivity index (χ1v) is 8.63. The molecule has 0 spiro atoms. The maximum atomic E-state index is 9.76. The average molecular weight is 266 g/mol. The maximum absolute atomic E-state index is 9.76. The van der Waals surface area contributed by atoms with Gasteiger partial charge in [-0.3, -0.25) is 0 Å². The van der Waals surface area contributed by atoms with Gasteiger partial charge in [0.1, 0.15) is 0 Å². The number of hydrogen-bond acceptors (Lipinski definition) is 1. The molecule has 0 radical (unpaired) electrons. The third kappa shape index (κ3) is 3.17. The molecule has 0 heterocycles. The Kier molecular flexibility index (Phi) is 4.98. The van der Waals surface area contributed by atoms with E-state index in [9.17, 15) is 5.11 Å². The molecule has 0 aromatic carbocycles. The molecule has 112 valence electrons. The zero-order valence-electron chi connectivity index (χ0n) is 13.5. The molecule has 2 fully saturated rings. The number of aliphatic hydroxyl groups is 1. The summed E-state index contributed by atoms with van der Waals surface area (Å²) in [6.07, 6.45) is 10.4. The Morgan fingerprint density at radius 3 is 1.79 bits per heavy atom. The van der Waals surface area contributed by atoms with Crippen molar-refractivity contribution in [2.75, 3.05) is 0 Å². The summed E-state index contributed by atoms with van der Waals surface area (Å²) in [6.45, 7) is 9.68. The van der Waals surface area contributed by atoms with Gasteiger partial charge in [0.25, 0.3) is 0 Å². The molecule has 2 rings (SSSR count). The van der Waals surface area contributed by atoms with E-state index in [4.69, 9.17) is 0 Å². The Balaban J connectivity index is 2.04. The Labute approximate surface area is 120 Å². The maximum Gasteiger partial charge on any atom is 0.0540 e. The summed E-state index contributed by atoms with van der Waals surface area (Å²) in [5.41, 5.74) is 0.589. The van der Waals surface area contributed by atoms with Crippen molar-refractivity contribution in [1.29, 1.82) is 0 Å². The lowest BCUT2D eigenvalue weighted by atomic mass is 9.54. The van der Waals surface area contributed by atoms with Crippen LogP contribution in [0.3, 0.4) is 0 Å². The van der Waals surface area contributed by atoms with Crippen LogP contribution in [0, 0.1) is 29.1 Å². The minimum Gasteiger partial charge on any atom is -0.393 e. The molecule has 2 aliphatic carbocycles. The lowest BCUT2D eigenvalue weighted by Crippen LogP contribution is -2.42. The minimum atomic E-state index is -0.00698. The predicted octanol–water partition coefficient (Wildman–Crippen LogP) is 5.03. The first-order chi connectivity index (χ1) is 8.95. The summed E-state index contributed by atoms with van der Waals surface area (Å²) in [5.74, 6) is 3.50. The molecule has 0 aliphatic heterocycles. The van der Waals surface area contributed by atoms with Gasteiger partial charge in [0, 0.05) is 0 Å². The van der Waals surface area contributed by atoms with Crippen molar-refractivity contribution in [1.82, 2.24) is 0 Å². The van der Waals surface area contributed by atoms with Crippen LogP contribution in [-0.2, 0) is 0 Å². The van der Waals surface area contributed by atoms with Gasteiger partial charge in [-0.1, -0.05) is 27.7 Å². The first kappa shape index (κ1) is 15.4. The van der Waals surface area contributed by atoms with E-state index in [0.717, 1.165) is 36.5 Å². The fourth-order valence-electron chi connectivity index (χ4n) is 4.95. The lowest BCUT2D eigenvalue weighted by molar-refractivity contribution is -0.0225. The quantitative estimate of drug-likeness (QED) is 0.760. The Morgan fingerprint density at radius 1 is 0.842 bits per heavy atom.